The summed E-state index contributed by atoms with van der Waals surface area (Å²) in [7, 11) is 0. The van der Waals surface area contributed by atoms with E-state index < -0.39 is 6.04 Å². The zero-order valence-corrected chi connectivity index (χ0v) is 14.6. The molecular weight excluding hydrogens is 312 g/mol. The van der Waals surface area contributed by atoms with E-state index in [9.17, 15) is 9.59 Å². The van der Waals surface area contributed by atoms with Crippen LogP contribution in [0.25, 0.3) is 0 Å². The van der Waals surface area contributed by atoms with Crippen molar-refractivity contribution in [1.82, 2.24) is 10.2 Å². The quantitative estimate of drug-likeness (QED) is 0.864. The predicted octanol–water partition coefficient (Wildman–Crippen LogP) is 3.53. The summed E-state index contributed by atoms with van der Waals surface area (Å²) in [5, 5.41) is 3.69. The zero-order chi connectivity index (χ0) is 16.8. The van der Waals surface area contributed by atoms with Crippen LogP contribution in [0.5, 0.6) is 0 Å². The van der Waals surface area contributed by atoms with Crippen LogP contribution in [0.1, 0.15) is 51.5 Å². The molecule has 0 unspecified atom stereocenters. The topological polar surface area (TPSA) is 49.4 Å². The summed E-state index contributed by atoms with van der Waals surface area (Å²) in [6.45, 7) is 3.95. The highest BCUT2D eigenvalue weighted by Gasteiger charge is 2.27. The molecule has 0 saturated heterocycles. The Labute approximate surface area is 143 Å². The Morgan fingerprint density at radius 3 is 2.57 bits per heavy atom. The van der Waals surface area contributed by atoms with Crippen LogP contribution in [0.4, 0.5) is 0 Å². The zero-order valence-electron chi connectivity index (χ0n) is 13.8. The molecule has 2 rings (SSSR count). The lowest BCUT2D eigenvalue weighted by Gasteiger charge is -2.29. The van der Waals surface area contributed by atoms with Crippen molar-refractivity contribution in [2.24, 2.45) is 0 Å². The maximum absolute atomic E-state index is 12.5. The fourth-order valence-electron chi connectivity index (χ4n) is 2.99. The number of carbonyl (C=O) groups is 2. The maximum Gasteiger partial charge on any atom is 0.242 e. The first-order chi connectivity index (χ1) is 11.0. The fourth-order valence-corrected chi connectivity index (χ4v) is 3.18. The highest BCUT2D eigenvalue weighted by atomic mass is 35.5. The molecular formula is C18H25ClN2O2. The number of hydrogen-bond acceptors (Lipinski definition) is 2. The standard InChI is InChI=1S/C18H25ClN2O2/c1-3-17(22)21(12-14-8-4-7-11-16(14)19)13(2)18(23)20-15-9-5-6-10-15/h4,7-8,11,13,15H,3,5-6,9-10,12H2,1-2H3,(H,20,23)/t13-/m1/s1. The Hall–Kier alpha value is -1.55. The van der Waals surface area contributed by atoms with Gasteiger partial charge in [-0.2, -0.15) is 0 Å². The van der Waals surface area contributed by atoms with Crippen LogP contribution in [0.3, 0.4) is 0 Å². The Morgan fingerprint density at radius 2 is 1.96 bits per heavy atom. The van der Waals surface area contributed by atoms with Crippen LogP contribution in [0.2, 0.25) is 5.02 Å². The summed E-state index contributed by atoms with van der Waals surface area (Å²) in [6, 6.07) is 7.19. The Balaban J connectivity index is 2.08. The van der Waals surface area contributed by atoms with Crippen molar-refractivity contribution in [2.75, 3.05) is 0 Å². The fraction of sp³-hybridized carbons (Fsp3) is 0.556. The van der Waals surface area contributed by atoms with Crippen molar-refractivity contribution in [3.8, 4) is 0 Å². The van der Waals surface area contributed by atoms with Crippen LogP contribution in [0.15, 0.2) is 24.3 Å². The van der Waals surface area contributed by atoms with Crippen molar-refractivity contribution >= 4 is 23.4 Å². The minimum Gasteiger partial charge on any atom is -0.352 e. The second kappa shape index (κ2) is 8.34. The molecule has 5 heteroatoms. The van der Waals surface area contributed by atoms with Gasteiger partial charge in [0, 0.05) is 24.0 Å². The molecule has 0 spiro atoms. The van der Waals surface area contributed by atoms with Crippen molar-refractivity contribution < 1.29 is 9.59 Å². The molecule has 23 heavy (non-hydrogen) atoms. The van der Waals surface area contributed by atoms with Crippen molar-refractivity contribution in [1.29, 1.82) is 0 Å². The molecule has 1 saturated carbocycles. The molecule has 0 bridgehead atoms. The van der Waals surface area contributed by atoms with Crippen molar-refractivity contribution in [3.63, 3.8) is 0 Å². The van der Waals surface area contributed by atoms with E-state index in [2.05, 4.69) is 5.32 Å². The van der Waals surface area contributed by atoms with Gasteiger partial charge in [-0.3, -0.25) is 9.59 Å². The summed E-state index contributed by atoms with van der Waals surface area (Å²) in [4.78, 5) is 26.4. The van der Waals surface area contributed by atoms with E-state index in [1.807, 2.05) is 25.1 Å². The van der Waals surface area contributed by atoms with E-state index in [-0.39, 0.29) is 17.9 Å². The normalized spacial score (nSPS) is 16.1. The molecule has 0 aromatic heterocycles. The van der Waals surface area contributed by atoms with Crippen LogP contribution >= 0.6 is 11.6 Å². The average molecular weight is 337 g/mol. The molecule has 1 fully saturated rings. The van der Waals surface area contributed by atoms with Crippen LogP contribution < -0.4 is 5.32 Å². The third-order valence-corrected chi connectivity index (χ3v) is 4.84. The van der Waals surface area contributed by atoms with Crippen molar-refractivity contribution in [3.05, 3.63) is 34.9 Å². The molecule has 0 aliphatic heterocycles. The molecule has 126 valence electrons. The summed E-state index contributed by atoms with van der Waals surface area (Å²) in [5.74, 6) is -0.121. The highest BCUT2D eigenvalue weighted by molar-refractivity contribution is 6.31. The van der Waals surface area contributed by atoms with Gasteiger partial charge in [-0.1, -0.05) is 49.6 Å². The lowest BCUT2D eigenvalue weighted by atomic mass is 10.1. The van der Waals surface area contributed by atoms with Gasteiger partial charge in [-0.25, -0.2) is 0 Å². The average Bonchev–Trinajstić information content (AvgIpc) is 3.05. The van der Waals surface area contributed by atoms with Crippen LogP contribution in [-0.4, -0.2) is 28.8 Å². The van der Waals surface area contributed by atoms with Gasteiger partial charge in [0.1, 0.15) is 6.04 Å². The Kier molecular flexibility index (Phi) is 6.46. The maximum atomic E-state index is 12.5. The third kappa shape index (κ3) is 4.71. The van der Waals surface area contributed by atoms with E-state index in [0.29, 0.717) is 18.0 Å². The number of nitrogens with one attached hydrogen (secondary N) is 1. The summed E-state index contributed by atoms with van der Waals surface area (Å²) >= 11 is 6.20. The first kappa shape index (κ1) is 17.8. The highest BCUT2D eigenvalue weighted by Crippen LogP contribution is 2.20. The number of benzene rings is 1. The van der Waals surface area contributed by atoms with Gasteiger partial charge >= 0.3 is 0 Å². The first-order valence-electron chi connectivity index (χ1n) is 8.36. The van der Waals surface area contributed by atoms with Gasteiger partial charge in [0.25, 0.3) is 0 Å². The number of rotatable bonds is 6. The largest absolute Gasteiger partial charge is 0.352 e. The molecule has 1 N–H and O–H groups in total. The molecule has 1 aromatic carbocycles. The molecule has 1 aromatic rings. The lowest BCUT2D eigenvalue weighted by Crippen LogP contribution is -2.49. The monoisotopic (exact) mass is 336 g/mol. The second-order valence-electron chi connectivity index (χ2n) is 6.13. The summed E-state index contributed by atoms with van der Waals surface area (Å²) < 4.78 is 0. The van der Waals surface area contributed by atoms with Gasteiger partial charge < -0.3 is 10.2 Å². The number of hydrogen-bond donors (Lipinski definition) is 1. The van der Waals surface area contributed by atoms with E-state index in [4.69, 9.17) is 11.6 Å². The lowest BCUT2D eigenvalue weighted by molar-refractivity contribution is -0.140. The van der Waals surface area contributed by atoms with Gasteiger partial charge in [0.15, 0.2) is 0 Å². The molecule has 1 aliphatic carbocycles. The minimum absolute atomic E-state index is 0.0426. The SMILES string of the molecule is CCC(=O)N(Cc1ccccc1Cl)[C@H](C)C(=O)NC1CCCC1. The molecule has 1 atom stereocenters. The van der Waals surface area contributed by atoms with Crippen LogP contribution in [-0.2, 0) is 16.1 Å². The van der Waals surface area contributed by atoms with Gasteiger partial charge in [-0.15, -0.1) is 0 Å². The minimum atomic E-state index is -0.501. The second-order valence-corrected chi connectivity index (χ2v) is 6.54. The smallest absolute Gasteiger partial charge is 0.242 e. The summed E-state index contributed by atoms with van der Waals surface area (Å²) in [6.07, 6.45) is 4.76. The molecule has 4 nitrogen and oxygen atoms in total. The molecule has 0 radical (unpaired) electrons. The van der Waals surface area contributed by atoms with E-state index >= 15 is 0 Å². The number of halogens is 1. The number of carbonyl (C=O) groups excluding carboxylic acids is 2. The molecule has 1 aliphatic rings. The Bertz CT molecular complexity index is 556. The van der Waals surface area contributed by atoms with Crippen molar-refractivity contribution in [2.45, 2.75) is 64.6 Å². The van der Waals surface area contributed by atoms with Gasteiger partial charge in [0.2, 0.25) is 11.8 Å². The van der Waals surface area contributed by atoms with Gasteiger partial charge in [0.05, 0.1) is 0 Å². The van der Waals surface area contributed by atoms with Crippen LogP contribution in [0, 0.1) is 0 Å². The van der Waals surface area contributed by atoms with E-state index in [0.717, 1.165) is 31.2 Å². The third-order valence-electron chi connectivity index (χ3n) is 4.47. The summed E-state index contributed by atoms with van der Waals surface area (Å²) in [5.41, 5.74) is 0.858. The first-order valence-corrected chi connectivity index (χ1v) is 8.74. The predicted molar refractivity (Wildman–Crippen MR) is 92.2 cm³/mol. The number of nitrogens with zero attached hydrogens (tertiary/aromatic N) is 1. The number of amides is 2. The Morgan fingerprint density at radius 1 is 1.30 bits per heavy atom. The van der Waals surface area contributed by atoms with Gasteiger partial charge in [-0.05, 0) is 31.4 Å². The van der Waals surface area contributed by atoms with E-state index in [1.54, 1.807) is 17.9 Å². The molecule has 0 heterocycles. The molecule has 2 amide bonds. The van der Waals surface area contributed by atoms with E-state index in [1.165, 1.54) is 0 Å².